The van der Waals surface area contributed by atoms with Crippen LogP contribution in [0.25, 0.3) is 0 Å². The van der Waals surface area contributed by atoms with Gasteiger partial charge in [0.05, 0.1) is 23.9 Å². The van der Waals surface area contributed by atoms with E-state index in [9.17, 15) is 0 Å². The lowest BCUT2D eigenvalue weighted by Gasteiger charge is -2.04. The molecule has 2 aromatic rings. The van der Waals surface area contributed by atoms with Crippen molar-refractivity contribution in [3.63, 3.8) is 0 Å². The van der Waals surface area contributed by atoms with Crippen molar-refractivity contribution in [2.45, 2.75) is 13.5 Å². The van der Waals surface area contributed by atoms with Gasteiger partial charge < -0.3 is 5.32 Å². The molecule has 2 heterocycles. The molecule has 0 spiro atoms. The van der Waals surface area contributed by atoms with Crippen molar-refractivity contribution in [3.8, 4) is 0 Å². The van der Waals surface area contributed by atoms with Crippen molar-refractivity contribution >= 4 is 28.8 Å². The van der Waals surface area contributed by atoms with E-state index in [1.165, 1.54) is 11.2 Å². The molecule has 78 valence electrons. The fourth-order valence-electron chi connectivity index (χ4n) is 1.10. The summed E-state index contributed by atoms with van der Waals surface area (Å²) in [4.78, 5) is 13.2. The number of hydrogen-bond acceptors (Lipinski definition) is 5. The number of rotatable bonds is 3. The molecule has 0 amide bonds. The Morgan fingerprint density at radius 2 is 2.33 bits per heavy atom. The molecule has 0 unspecified atom stereocenters. The highest BCUT2D eigenvalue weighted by molar-refractivity contribution is 7.09. The zero-order valence-electron chi connectivity index (χ0n) is 8.07. The van der Waals surface area contributed by atoms with Gasteiger partial charge in [-0.25, -0.2) is 15.0 Å². The fraction of sp³-hybridized carbons (Fsp3) is 0.222. The molecule has 4 nitrogen and oxygen atoms in total. The fourth-order valence-corrected chi connectivity index (χ4v) is 1.99. The first-order valence-corrected chi connectivity index (χ1v) is 5.61. The quantitative estimate of drug-likeness (QED) is 0.896. The summed E-state index contributed by atoms with van der Waals surface area (Å²) in [7, 11) is 0. The van der Waals surface area contributed by atoms with Gasteiger partial charge in [-0.2, -0.15) is 0 Å². The highest BCUT2D eigenvalue weighted by atomic mass is 35.5. The Bertz CT molecular complexity index is 457. The molecule has 0 aromatic carbocycles. The molecule has 0 atom stereocenters. The monoisotopic (exact) mass is 240 g/mol. The second-order valence-corrected chi connectivity index (χ2v) is 4.28. The largest absolute Gasteiger partial charge is 0.364 e. The Morgan fingerprint density at radius 1 is 1.47 bits per heavy atom. The molecular formula is C9H9ClN4S. The lowest BCUT2D eigenvalue weighted by atomic mass is 10.4. The Hall–Kier alpha value is -1.20. The molecule has 6 heteroatoms. The summed E-state index contributed by atoms with van der Waals surface area (Å²) in [5.74, 6) is 0.652. The third-order valence-corrected chi connectivity index (χ3v) is 3.14. The number of anilines is 1. The van der Waals surface area contributed by atoms with Crippen LogP contribution in [0.15, 0.2) is 18.0 Å². The second kappa shape index (κ2) is 4.55. The molecule has 0 saturated heterocycles. The minimum atomic E-state index is 0.527. The van der Waals surface area contributed by atoms with E-state index < -0.39 is 0 Å². The topological polar surface area (TPSA) is 50.7 Å². The maximum Gasteiger partial charge on any atom is 0.148 e. The van der Waals surface area contributed by atoms with Crippen LogP contribution in [0.3, 0.4) is 0 Å². The molecule has 0 aliphatic heterocycles. The molecule has 0 radical (unpaired) electrons. The van der Waals surface area contributed by atoms with Gasteiger partial charge in [-0.1, -0.05) is 11.6 Å². The minimum absolute atomic E-state index is 0.527. The van der Waals surface area contributed by atoms with Crippen molar-refractivity contribution in [1.82, 2.24) is 15.0 Å². The normalized spacial score (nSPS) is 10.3. The van der Waals surface area contributed by atoms with E-state index in [4.69, 9.17) is 11.6 Å². The summed E-state index contributed by atoms with van der Waals surface area (Å²) >= 11 is 7.52. The van der Waals surface area contributed by atoms with Crippen LogP contribution in [-0.2, 0) is 6.54 Å². The van der Waals surface area contributed by atoms with E-state index >= 15 is 0 Å². The molecular weight excluding hydrogens is 232 g/mol. The lowest BCUT2D eigenvalue weighted by Crippen LogP contribution is -2.01. The van der Waals surface area contributed by atoms with Crippen molar-refractivity contribution in [2.75, 3.05) is 5.32 Å². The van der Waals surface area contributed by atoms with Gasteiger partial charge >= 0.3 is 0 Å². The van der Waals surface area contributed by atoms with Crippen LogP contribution in [-0.4, -0.2) is 15.0 Å². The Balaban J connectivity index is 2.06. The second-order valence-electron chi connectivity index (χ2n) is 2.93. The summed E-state index contributed by atoms with van der Waals surface area (Å²) in [5, 5.41) is 3.67. The number of thiazole rings is 1. The summed E-state index contributed by atoms with van der Waals surface area (Å²) in [6.07, 6.45) is 3.03. The molecule has 0 saturated carbocycles. The first kappa shape index (κ1) is 10.3. The zero-order valence-corrected chi connectivity index (χ0v) is 9.64. The Kier molecular flexibility index (Phi) is 3.13. The van der Waals surface area contributed by atoms with Gasteiger partial charge in [0.2, 0.25) is 0 Å². The van der Waals surface area contributed by atoms with Crippen LogP contribution in [0.2, 0.25) is 5.02 Å². The molecule has 1 N–H and O–H groups in total. The zero-order chi connectivity index (χ0) is 10.7. The Morgan fingerprint density at radius 3 is 3.00 bits per heavy atom. The van der Waals surface area contributed by atoms with E-state index in [1.54, 1.807) is 17.5 Å². The van der Waals surface area contributed by atoms with E-state index in [0.29, 0.717) is 17.4 Å². The van der Waals surface area contributed by atoms with Crippen LogP contribution in [0.4, 0.5) is 5.82 Å². The average molecular weight is 241 g/mol. The summed E-state index contributed by atoms with van der Waals surface area (Å²) < 4.78 is 0. The number of aryl methyl sites for hydroxylation is 1. The van der Waals surface area contributed by atoms with Crippen LogP contribution in [0.5, 0.6) is 0 Å². The standard InChI is InChI=1S/C9H9ClN4S/c1-6-8(15-5-14-6)3-12-9-7(10)2-11-4-13-9/h2,4-5H,3H2,1H3,(H,11,12,13). The molecule has 15 heavy (non-hydrogen) atoms. The number of aromatic nitrogens is 3. The Labute approximate surface area is 96.4 Å². The van der Waals surface area contributed by atoms with E-state index in [0.717, 1.165) is 5.69 Å². The van der Waals surface area contributed by atoms with E-state index in [2.05, 4.69) is 20.3 Å². The predicted octanol–water partition coefficient (Wildman–Crippen LogP) is 2.51. The molecule has 0 fully saturated rings. The van der Waals surface area contributed by atoms with Gasteiger partial charge in [0.1, 0.15) is 17.2 Å². The maximum atomic E-state index is 5.90. The van der Waals surface area contributed by atoms with Gasteiger partial charge in [-0.15, -0.1) is 11.3 Å². The van der Waals surface area contributed by atoms with Gasteiger partial charge in [0, 0.05) is 4.88 Å². The number of hydrogen-bond donors (Lipinski definition) is 1. The van der Waals surface area contributed by atoms with E-state index in [1.807, 2.05) is 12.4 Å². The van der Waals surface area contributed by atoms with Gasteiger partial charge in [-0.3, -0.25) is 0 Å². The first-order valence-electron chi connectivity index (χ1n) is 4.35. The van der Waals surface area contributed by atoms with Crippen LogP contribution >= 0.6 is 22.9 Å². The highest BCUT2D eigenvalue weighted by Gasteiger charge is 2.03. The number of nitrogens with one attached hydrogen (secondary N) is 1. The molecule has 2 aromatic heterocycles. The van der Waals surface area contributed by atoms with E-state index in [-0.39, 0.29) is 0 Å². The SMILES string of the molecule is Cc1ncsc1CNc1ncncc1Cl. The smallest absolute Gasteiger partial charge is 0.148 e. The van der Waals surface area contributed by atoms with Gasteiger partial charge in [0.15, 0.2) is 0 Å². The summed E-state index contributed by atoms with van der Waals surface area (Å²) in [6.45, 7) is 2.67. The number of halogens is 1. The van der Waals surface area contributed by atoms with Crippen molar-refractivity contribution in [3.05, 3.63) is 33.6 Å². The van der Waals surface area contributed by atoms with Crippen LogP contribution in [0, 0.1) is 6.92 Å². The first-order chi connectivity index (χ1) is 7.27. The third-order valence-electron chi connectivity index (χ3n) is 1.93. The average Bonchev–Trinajstić information content (AvgIpc) is 2.63. The van der Waals surface area contributed by atoms with Crippen LogP contribution in [0.1, 0.15) is 10.6 Å². The number of nitrogens with zero attached hydrogens (tertiary/aromatic N) is 3. The molecule has 0 aliphatic rings. The van der Waals surface area contributed by atoms with Crippen molar-refractivity contribution in [1.29, 1.82) is 0 Å². The minimum Gasteiger partial charge on any atom is -0.364 e. The maximum absolute atomic E-state index is 5.90. The summed E-state index contributed by atoms with van der Waals surface area (Å²) in [5.41, 5.74) is 2.87. The molecule has 0 aliphatic carbocycles. The highest BCUT2D eigenvalue weighted by Crippen LogP contribution is 2.19. The summed E-state index contributed by atoms with van der Waals surface area (Å²) in [6, 6.07) is 0. The van der Waals surface area contributed by atoms with Crippen molar-refractivity contribution < 1.29 is 0 Å². The van der Waals surface area contributed by atoms with Crippen LogP contribution < -0.4 is 5.32 Å². The molecule has 2 rings (SSSR count). The third kappa shape index (κ3) is 2.43. The molecule has 0 bridgehead atoms. The van der Waals surface area contributed by atoms with Crippen molar-refractivity contribution in [2.24, 2.45) is 0 Å². The van der Waals surface area contributed by atoms with Gasteiger partial charge in [0.25, 0.3) is 0 Å². The predicted molar refractivity (Wildman–Crippen MR) is 61.2 cm³/mol. The van der Waals surface area contributed by atoms with Gasteiger partial charge in [-0.05, 0) is 6.92 Å². The lowest BCUT2D eigenvalue weighted by molar-refractivity contribution is 1.07.